The number of hydrogen-bond acceptors (Lipinski definition) is 4. The maximum atomic E-state index is 11.4. The summed E-state index contributed by atoms with van der Waals surface area (Å²) in [4.78, 5) is 11.4. The average molecular weight is 187 g/mol. The summed E-state index contributed by atoms with van der Waals surface area (Å²) in [5, 5.41) is 3.10. The van der Waals surface area contributed by atoms with Crippen LogP contribution in [0.4, 0.5) is 0 Å². The fourth-order valence-electron chi connectivity index (χ4n) is 1.11. The highest BCUT2D eigenvalue weighted by atomic mass is 16.5. The van der Waals surface area contributed by atoms with Gasteiger partial charge in [0.05, 0.1) is 12.7 Å². The maximum absolute atomic E-state index is 11.4. The van der Waals surface area contributed by atoms with Crippen LogP contribution in [0.25, 0.3) is 0 Å². The molecule has 0 aromatic rings. The Bertz CT molecular complexity index is 164. The molecule has 1 saturated heterocycles. The lowest BCUT2D eigenvalue weighted by molar-refractivity contribution is -0.138. The first kappa shape index (κ1) is 10.6. The molecule has 1 rings (SSSR count). The van der Waals surface area contributed by atoms with Crippen LogP contribution in [0.2, 0.25) is 0 Å². The predicted molar refractivity (Wildman–Crippen MR) is 48.7 cm³/mol. The molecule has 0 aromatic carbocycles. The van der Waals surface area contributed by atoms with E-state index in [1.807, 2.05) is 13.8 Å². The molecule has 0 aliphatic carbocycles. The van der Waals surface area contributed by atoms with Gasteiger partial charge in [-0.15, -0.1) is 0 Å². The first-order chi connectivity index (χ1) is 6.20. The number of carbonyl (C=O) groups is 1. The first-order valence-corrected chi connectivity index (χ1v) is 4.67. The topological polar surface area (TPSA) is 47.6 Å². The van der Waals surface area contributed by atoms with Gasteiger partial charge in [0.2, 0.25) is 0 Å². The predicted octanol–water partition coefficient (Wildman–Crippen LogP) is -0.0311. The third-order valence-electron chi connectivity index (χ3n) is 1.85. The highest BCUT2D eigenvalue weighted by Crippen LogP contribution is 1.99. The lowest BCUT2D eigenvalue weighted by Gasteiger charge is -2.22. The summed E-state index contributed by atoms with van der Waals surface area (Å²) in [6.45, 7) is 6.03. The minimum Gasteiger partial charge on any atom is -0.371 e. The largest absolute Gasteiger partial charge is 0.371 e. The van der Waals surface area contributed by atoms with Crippen molar-refractivity contribution in [1.82, 2.24) is 5.32 Å². The number of ether oxygens (including phenoxy) is 2. The van der Waals surface area contributed by atoms with E-state index in [9.17, 15) is 4.79 Å². The number of hydrogen-bond donors (Lipinski definition) is 1. The Kier molecular flexibility index (Phi) is 4.35. The molecule has 1 heterocycles. The van der Waals surface area contributed by atoms with Gasteiger partial charge < -0.3 is 14.8 Å². The number of nitrogens with one attached hydrogen (secondary N) is 1. The Morgan fingerprint density at radius 2 is 2.46 bits per heavy atom. The van der Waals surface area contributed by atoms with Gasteiger partial charge in [0.25, 0.3) is 0 Å². The molecule has 13 heavy (non-hydrogen) atoms. The quantitative estimate of drug-likeness (QED) is 0.671. The van der Waals surface area contributed by atoms with E-state index < -0.39 is 0 Å². The Labute approximate surface area is 78.6 Å². The van der Waals surface area contributed by atoms with Crippen molar-refractivity contribution in [2.45, 2.75) is 26.1 Å². The summed E-state index contributed by atoms with van der Waals surface area (Å²) >= 11 is 0. The SMILES string of the molecule is CC(C)OCC(=O)C1CNCCO1. The monoisotopic (exact) mass is 187 g/mol. The van der Waals surface area contributed by atoms with E-state index in [0.29, 0.717) is 13.2 Å². The molecule has 1 N–H and O–H groups in total. The molecule has 0 radical (unpaired) electrons. The molecule has 0 spiro atoms. The molecule has 0 amide bonds. The molecule has 0 aromatic heterocycles. The van der Waals surface area contributed by atoms with Gasteiger partial charge in [-0.25, -0.2) is 0 Å². The summed E-state index contributed by atoms with van der Waals surface area (Å²) in [5.41, 5.74) is 0. The van der Waals surface area contributed by atoms with Crippen LogP contribution in [0.3, 0.4) is 0 Å². The van der Waals surface area contributed by atoms with Crippen LogP contribution in [0.1, 0.15) is 13.8 Å². The third kappa shape index (κ3) is 3.85. The van der Waals surface area contributed by atoms with Gasteiger partial charge in [-0.3, -0.25) is 4.79 Å². The van der Waals surface area contributed by atoms with Gasteiger partial charge in [0.15, 0.2) is 5.78 Å². The molecule has 1 aliphatic rings. The second-order valence-electron chi connectivity index (χ2n) is 3.39. The van der Waals surface area contributed by atoms with E-state index in [0.717, 1.165) is 6.54 Å². The fourth-order valence-corrected chi connectivity index (χ4v) is 1.11. The normalized spacial score (nSPS) is 23.5. The van der Waals surface area contributed by atoms with Gasteiger partial charge in [-0.1, -0.05) is 0 Å². The van der Waals surface area contributed by atoms with Gasteiger partial charge in [-0.2, -0.15) is 0 Å². The van der Waals surface area contributed by atoms with Crippen LogP contribution in [-0.2, 0) is 14.3 Å². The van der Waals surface area contributed by atoms with E-state index in [1.54, 1.807) is 0 Å². The van der Waals surface area contributed by atoms with Gasteiger partial charge in [0, 0.05) is 13.1 Å². The molecule has 4 nitrogen and oxygen atoms in total. The Balaban J connectivity index is 2.21. The van der Waals surface area contributed by atoms with Crippen molar-refractivity contribution < 1.29 is 14.3 Å². The minimum absolute atomic E-state index is 0.0286. The zero-order chi connectivity index (χ0) is 9.68. The van der Waals surface area contributed by atoms with E-state index in [4.69, 9.17) is 9.47 Å². The number of ketones is 1. The molecule has 0 bridgehead atoms. The molecule has 1 unspecified atom stereocenters. The van der Waals surface area contributed by atoms with Crippen LogP contribution in [0.15, 0.2) is 0 Å². The minimum atomic E-state index is -0.313. The van der Waals surface area contributed by atoms with Crippen molar-refractivity contribution in [1.29, 1.82) is 0 Å². The van der Waals surface area contributed by atoms with Gasteiger partial charge >= 0.3 is 0 Å². The average Bonchev–Trinajstić information content (AvgIpc) is 2.15. The zero-order valence-corrected chi connectivity index (χ0v) is 8.21. The number of carbonyl (C=O) groups excluding carboxylic acids is 1. The lowest BCUT2D eigenvalue weighted by atomic mass is 10.2. The van der Waals surface area contributed by atoms with Crippen molar-refractivity contribution >= 4 is 5.78 Å². The standard InChI is InChI=1S/C9H17NO3/c1-7(2)13-6-8(11)9-5-10-3-4-12-9/h7,9-10H,3-6H2,1-2H3. The first-order valence-electron chi connectivity index (χ1n) is 4.67. The van der Waals surface area contributed by atoms with Crippen LogP contribution in [-0.4, -0.2) is 44.3 Å². The van der Waals surface area contributed by atoms with Crippen molar-refractivity contribution in [3.05, 3.63) is 0 Å². The summed E-state index contributed by atoms with van der Waals surface area (Å²) < 4.78 is 10.5. The summed E-state index contributed by atoms with van der Waals surface area (Å²) in [7, 11) is 0. The molecule has 1 atom stereocenters. The second-order valence-corrected chi connectivity index (χ2v) is 3.39. The van der Waals surface area contributed by atoms with Crippen molar-refractivity contribution in [2.75, 3.05) is 26.3 Å². The van der Waals surface area contributed by atoms with E-state index in [2.05, 4.69) is 5.32 Å². The Morgan fingerprint density at radius 1 is 1.69 bits per heavy atom. The molecule has 76 valence electrons. The Morgan fingerprint density at radius 3 is 3.00 bits per heavy atom. The molecular weight excluding hydrogens is 170 g/mol. The van der Waals surface area contributed by atoms with Crippen LogP contribution in [0, 0.1) is 0 Å². The second kappa shape index (κ2) is 5.32. The molecule has 1 aliphatic heterocycles. The highest BCUT2D eigenvalue weighted by Gasteiger charge is 2.21. The fraction of sp³-hybridized carbons (Fsp3) is 0.889. The lowest BCUT2D eigenvalue weighted by Crippen LogP contribution is -2.44. The van der Waals surface area contributed by atoms with Crippen molar-refractivity contribution in [3.8, 4) is 0 Å². The highest BCUT2D eigenvalue weighted by molar-refractivity contribution is 5.84. The number of rotatable bonds is 4. The zero-order valence-electron chi connectivity index (χ0n) is 8.21. The van der Waals surface area contributed by atoms with Gasteiger partial charge in [-0.05, 0) is 13.8 Å². The van der Waals surface area contributed by atoms with Crippen LogP contribution < -0.4 is 5.32 Å². The van der Waals surface area contributed by atoms with E-state index in [-0.39, 0.29) is 24.6 Å². The van der Waals surface area contributed by atoms with Crippen molar-refractivity contribution in [3.63, 3.8) is 0 Å². The Hall–Kier alpha value is -0.450. The smallest absolute Gasteiger partial charge is 0.188 e. The van der Waals surface area contributed by atoms with Crippen LogP contribution in [0.5, 0.6) is 0 Å². The van der Waals surface area contributed by atoms with E-state index in [1.165, 1.54) is 0 Å². The summed E-state index contributed by atoms with van der Waals surface area (Å²) in [6, 6.07) is 0. The number of Topliss-reactive ketones (excluding diaryl/α,β-unsaturated/α-hetero) is 1. The summed E-state index contributed by atoms with van der Waals surface area (Å²) in [6.07, 6.45) is -0.215. The van der Waals surface area contributed by atoms with E-state index >= 15 is 0 Å². The molecular formula is C9H17NO3. The van der Waals surface area contributed by atoms with Gasteiger partial charge in [0.1, 0.15) is 12.7 Å². The third-order valence-corrected chi connectivity index (χ3v) is 1.85. The maximum Gasteiger partial charge on any atom is 0.188 e. The molecule has 4 heteroatoms. The summed E-state index contributed by atoms with van der Waals surface area (Å²) in [5.74, 6) is 0.0286. The molecule has 0 saturated carbocycles. The van der Waals surface area contributed by atoms with Crippen molar-refractivity contribution in [2.24, 2.45) is 0 Å². The molecule has 1 fully saturated rings. The number of morpholine rings is 1. The van der Waals surface area contributed by atoms with Crippen LogP contribution >= 0.6 is 0 Å².